The first-order valence-electron chi connectivity index (χ1n) is 7.46. The largest absolute Gasteiger partial charge is 0.326 e. The number of pyridine rings is 1. The molecule has 20 heavy (non-hydrogen) atoms. The molecule has 0 radical (unpaired) electrons. The highest BCUT2D eigenvalue weighted by Crippen LogP contribution is 2.23. The Balaban J connectivity index is 2.92. The fourth-order valence-electron chi connectivity index (χ4n) is 2.54. The summed E-state index contributed by atoms with van der Waals surface area (Å²) in [5, 5.41) is 0. The number of hydrogen-bond donors (Lipinski definition) is 1. The van der Waals surface area contributed by atoms with Gasteiger partial charge in [0.05, 0.1) is 6.04 Å². The number of rotatable bonds is 8. The van der Waals surface area contributed by atoms with Gasteiger partial charge in [-0.1, -0.05) is 19.9 Å². The molecular formula is C16H30N4. The Morgan fingerprint density at radius 1 is 1.20 bits per heavy atom. The molecule has 1 heterocycles. The van der Waals surface area contributed by atoms with Gasteiger partial charge in [0.2, 0.25) is 0 Å². The van der Waals surface area contributed by atoms with E-state index >= 15 is 0 Å². The molecule has 1 aromatic heterocycles. The van der Waals surface area contributed by atoms with Crippen molar-refractivity contribution in [3.05, 3.63) is 30.1 Å². The molecule has 0 saturated carbocycles. The summed E-state index contributed by atoms with van der Waals surface area (Å²) in [5.41, 5.74) is 7.48. The Morgan fingerprint density at radius 2 is 1.90 bits per heavy atom. The zero-order chi connectivity index (χ0) is 15.1. The molecule has 0 saturated heterocycles. The molecular weight excluding hydrogens is 248 g/mol. The van der Waals surface area contributed by atoms with Gasteiger partial charge in [-0.2, -0.15) is 0 Å². The van der Waals surface area contributed by atoms with Crippen LogP contribution in [0.4, 0.5) is 0 Å². The van der Waals surface area contributed by atoms with E-state index in [-0.39, 0.29) is 12.1 Å². The second kappa shape index (κ2) is 8.35. The van der Waals surface area contributed by atoms with Crippen LogP contribution in [-0.2, 0) is 0 Å². The monoisotopic (exact) mass is 278 g/mol. The highest BCUT2D eigenvalue weighted by molar-refractivity contribution is 5.16. The summed E-state index contributed by atoms with van der Waals surface area (Å²) in [6, 6.07) is 4.43. The average Bonchev–Trinajstić information content (AvgIpc) is 2.36. The molecule has 0 bridgehead atoms. The van der Waals surface area contributed by atoms with E-state index in [0.29, 0.717) is 5.92 Å². The highest BCUT2D eigenvalue weighted by atomic mass is 15.2. The molecule has 2 atom stereocenters. The summed E-state index contributed by atoms with van der Waals surface area (Å²) >= 11 is 0. The minimum absolute atomic E-state index is 0.0834. The van der Waals surface area contributed by atoms with Crippen molar-refractivity contribution in [2.75, 3.05) is 33.7 Å². The van der Waals surface area contributed by atoms with E-state index in [0.717, 1.165) is 19.6 Å². The van der Waals surface area contributed by atoms with Crippen LogP contribution in [0.2, 0.25) is 0 Å². The van der Waals surface area contributed by atoms with E-state index in [1.165, 1.54) is 5.56 Å². The molecule has 2 unspecified atom stereocenters. The van der Waals surface area contributed by atoms with Gasteiger partial charge >= 0.3 is 0 Å². The van der Waals surface area contributed by atoms with Gasteiger partial charge in [0.1, 0.15) is 0 Å². The second-order valence-electron chi connectivity index (χ2n) is 6.28. The number of nitrogens with zero attached hydrogens (tertiary/aromatic N) is 3. The summed E-state index contributed by atoms with van der Waals surface area (Å²) in [4.78, 5) is 8.96. The first kappa shape index (κ1) is 17.1. The summed E-state index contributed by atoms with van der Waals surface area (Å²) in [7, 11) is 4.22. The van der Waals surface area contributed by atoms with Crippen LogP contribution in [0, 0.1) is 5.92 Å². The van der Waals surface area contributed by atoms with Crippen LogP contribution in [-0.4, -0.2) is 54.6 Å². The first-order chi connectivity index (χ1) is 9.41. The molecule has 0 fully saturated rings. The van der Waals surface area contributed by atoms with Gasteiger partial charge in [0.25, 0.3) is 0 Å². The van der Waals surface area contributed by atoms with Crippen molar-refractivity contribution in [1.82, 2.24) is 14.8 Å². The van der Waals surface area contributed by atoms with E-state index in [1.807, 2.05) is 18.5 Å². The van der Waals surface area contributed by atoms with Crippen LogP contribution in [0.15, 0.2) is 24.5 Å². The lowest BCUT2D eigenvalue weighted by molar-refractivity contribution is 0.144. The van der Waals surface area contributed by atoms with E-state index < -0.39 is 0 Å². The number of nitrogens with two attached hydrogens (primary N) is 1. The molecule has 0 aliphatic heterocycles. The van der Waals surface area contributed by atoms with Gasteiger partial charge in [-0.05, 0) is 38.6 Å². The highest BCUT2D eigenvalue weighted by Gasteiger charge is 2.24. The zero-order valence-electron chi connectivity index (χ0n) is 13.6. The maximum atomic E-state index is 6.27. The van der Waals surface area contributed by atoms with Gasteiger partial charge in [0.15, 0.2) is 0 Å². The molecule has 1 rings (SSSR count). The van der Waals surface area contributed by atoms with Crippen molar-refractivity contribution in [2.45, 2.75) is 32.9 Å². The Hall–Kier alpha value is -0.970. The lowest BCUT2D eigenvalue weighted by Gasteiger charge is -2.36. The van der Waals surface area contributed by atoms with Crippen molar-refractivity contribution in [1.29, 1.82) is 0 Å². The predicted octanol–water partition coefficient (Wildman–Crippen LogP) is 1.99. The fraction of sp³-hybridized carbons (Fsp3) is 0.688. The summed E-state index contributed by atoms with van der Waals surface area (Å²) < 4.78 is 0. The Kier molecular flexibility index (Phi) is 7.13. The van der Waals surface area contributed by atoms with Crippen molar-refractivity contribution < 1.29 is 0 Å². The van der Waals surface area contributed by atoms with E-state index in [2.05, 4.69) is 55.7 Å². The van der Waals surface area contributed by atoms with Crippen LogP contribution in [0.3, 0.4) is 0 Å². The van der Waals surface area contributed by atoms with Gasteiger partial charge in [-0.3, -0.25) is 9.88 Å². The molecule has 0 spiro atoms. The normalized spacial score (nSPS) is 15.1. The van der Waals surface area contributed by atoms with Crippen LogP contribution in [0.5, 0.6) is 0 Å². The van der Waals surface area contributed by atoms with Crippen LogP contribution in [0.1, 0.15) is 32.4 Å². The Morgan fingerprint density at radius 3 is 2.35 bits per heavy atom. The van der Waals surface area contributed by atoms with Crippen molar-refractivity contribution in [2.24, 2.45) is 11.7 Å². The number of aromatic nitrogens is 1. The predicted molar refractivity (Wildman–Crippen MR) is 85.6 cm³/mol. The molecule has 4 heteroatoms. The van der Waals surface area contributed by atoms with E-state index in [4.69, 9.17) is 5.73 Å². The van der Waals surface area contributed by atoms with Crippen molar-refractivity contribution in [3.63, 3.8) is 0 Å². The maximum Gasteiger partial charge on any atom is 0.0512 e. The molecule has 1 aromatic rings. The minimum atomic E-state index is 0.0834. The fourth-order valence-corrected chi connectivity index (χ4v) is 2.54. The molecule has 0 aromatic carbocycles. The van der Waals surface area contributed by atoms with Gasteiger partial charge in [-0.25, -0.2) is 0 Å². The minimum Gasteiger partial charge on any atom is -0.326 e. The van der Waals surface area contributed by atoms with Crippen LogP contribution >= 0.6 is 0 Å². The SMILES string of the molecule is CC(C)CN(CCN(C)C)C(c1cccnc1)C(C)N. The topological polar surface area (TPSA) is 45.4 Å². The zero-order valence-corrected chi connectivity index (χ0v) is 13.6. The number of likely N-dealkylation sites (N-methyl/N-ethyl adjacent to an activating group) is 1. The van der Waals surface area contributed by atoms with Crippen molar-refractivity contribution in [3.8, 4) is 0 Å². The van der Waals surface area contributed by atoms with Gasteiger partial charge < -0.3 is 10.6 Å². The van der Waals surface area contributed by atoms with Crippen molar-refractivity contribution >= 4 is 0 Å². The molecule has 2 N–H and O–H groups in total. The molecule has 114 valence electrons. The van der Waals surface area contributed by atoms with E-state index in [9.17, 15) is 0 Å². The molecule has 4 nitrogen and oxygen atoms in total. The Labute approximate surface area is 124 Å². The summed E-state index contributed by atoms with van der Waals surface area (Å²) in [6.45, 7) is 9.70. The molecule has 0 amide bonds. The van der Waals surface area contributed by atoms with Gasteiger partial charge in [-0.15, -0.1) is 0 Å². The lowest BCUT2D eigenvalue weighted by Crippen LogP contribution is -2.44. The van der Waals surface area contributed by atoms with E-state index in [1.54, 1.807) is 0 Å². The van der Waals surface area contributed by atoms with Gasteiger partial charge in [0, 0.05) is 38.1 Å². The third-order valence-corrected chi connectivity index (χ3v) is 3.35. The second-order valence-corrected chi connectivity index (χ2v) is 6.28. The third kappa shape index (κ3) is 5.57. The smallest absolute Gasteiger partial charge is 0.0512 e. The number of hydrogen-bond acceptors (Lipinski definition) is 4. The standard InChI is InChI=1S/C16H30N4/c1-13(2)12-20(10-9-19(4)5)16(14(3)17)15-7-6-8-18-11-15/h6-8,11,13-14,16H,9-10,12,17H2,1-5H3. The third-order valence-electron chi connectivity index (χ3n) is 3.35. The maximum absolute atomic E-state index is 6.27. The van der Waals surface area contributed by atoms with Crippen LogP contribution in [0.25, 0.3) is 0 Å². The quantitative estimate of drug-likeness (QED) is 0.790. The summed E-state index contributed by atoms with van der Waals surface area (Å²) in [5.74, 6) is 0.620. The Bertz CT molecular complexity index is 362. The summed E-state index contributed by atoms with van der Waals surface area (Å²) in [6.07, 6.45) is 3.76. The van der Waals surface area contributed by atoms with Crippen LogP contribution < -0.4 is 5.73 Å². The molecule has 0 aliphatic rings. The molecule has 0 aliphatic carbocycles. The lowest BCUT2D eigenvalue weighted by atomic mass is 9.99. The first-order valence-corrected chi connectivity index (χ1v) is 7.46. The average molecular weight is 278 g/mol.